The highest BCUT2D eigenvalue weighted by atomic mass is 19.1. The average Bonchev–Trinajstić information content (AvgIpc) is 2.82. The molecule has 1 aromatic rings. The fourth-order valence-corrected chi connectivity index (χ4v) is 2.55. The predicted octanol–water partition coefficient (Wildman–Crippen LogP) is 4.04. The van der Waals surface area contributed by atoms with Gasteiger partial charge in [0.15, 0.2) is 0 Å². The molecule has 0 bridgehead atoms. The number of carbonyl (C=O) groups excluding carboxylic acids is 1. The molecular weight excluding hydrogens is 360 g/mol. The number of amides is 1. The summed E-state index contributed by atoms with van der Waals surface area (Å²) in [5.41, 5.74) is 0.248. The van der Waals surface area contributed by atoms with Crippen molar-refractivity contribution in [1.82, 2.24) is 5.32 Å². The van der Waals surface area contributed by atoms with Crippen LogP contribution in [0.15, 0.2) is 53.6 Å². The molecule has 1 aromatic carbocycles. The predicted molar refractivity (Wildman–Crippen MR) is 106 cm³/mol. The van der Waals surface area contributed by atoms with Gasteiger partial charge in [0.05, 0.1) is 17.2 Å². The van der Waals surface area contributed by atoms with Crippen LogP contribution in [0.4, 0.5) is 8.78 Å². The Morgan fingerprint density at radius 1 is 1.29 bits per heavy atom. The normalized spacial score (nSPS) is 17.6. The molecule has 2 atom stereocenters. The number of hydrogen-bond acceptors (Lipinski definition) is 2. The van der Waals surface area contributed by atoms with E-state index in [9.17, 15) is 18.7 Å². The molecule has 28 heavy (non-hydrogen) atoms. The van der Waals surface area contributed by atoms with Gasteiger partial charge in [0.1, 0.15) is 11.6 Å². The molecule has 0 aliphatic heterocycles. The third-order valence-corrected chi connectivity index (χ3v) is 4.73. The Labute approximate surface area is 164 Å². The molecule has 2 N–H and O–H groups in total. The second kappa shape index (κ2) is 8.99. The first-order chi connectivity index (χ1) is 13.1. The van der Waals surface area contributed by atoms with Crippen molar-refractivity contribution in [2.24, 2.45) is 5.92 Å². The van der Waals surface area contributed by atoms with Crippen molar-refractivity contribution in [3.05, 3.63) is 70.8 Å². The lowest BCUT2D eigenvalue weighted by atomic mass is 9.94. The molecular formula is C23H25F2NO2. The molecule has 0 saturated carbocycles. The van der Waals surface area contributed by atoms with E-state index in [2.05, 4.69) is 17.2 Å². The summed E-state index contributed by atoms with van der Waals surface area (Å²) in [5.74, 6) is 3.83. The Morgan fingerprint density at radius 3 is 2.61 bits per heavy atom. The Morgan fingerprint density at radius 2 is 2.00 bits per heavy atom. The zero-order chi connectivity index (χ0) is 20.9. The molecule has 0 spiro atoms. The van der Waals surface area contributed by atoms with Gasteiger partial charge in [-0.25, -0.2) is 8.78 Å². The summed E-state index contributed by atoms with van der Waals surface area (Å²) >= 11 is 0. The van der Waals surface area contributed by atoms with Gasteiger partial charge in [-0.3, -0.25) is 4.79 Å². The van der Waals surface area contributed by atoms with Crippen LogP contribution in [0.1, 0.15) is 39.7 Å². The van der Waals surface area contributed by atoms with E-state index in [-0.39, 0.29) is 17.4 Å². The monoisotopic (exact) mass is 385 g/mol. The topological polar surface area (TPSA) is 49.3 Å². The first-order valence-corrected chi connectivity index (χ1v) is 9.22. The van der Waals surface area contributed by atoms with Crippen LogP contribution in [-0.2, 0) is 4.79 Å². The minimum Gasteiger partial charge on any atom is -0.388 e. The Kier molecular flexibility index (Phi) is 6.93. The maximum atomic E-state index is 13.7. The molecule has 1 amide bonds. The van der Waals surface area contributed by atoms with E-state index < -0.39 is 23.3 Å². The molecule has 0 aromatic heterocycles. The van der Waals surface area contributed by atoms with E-state index in [0.717, 1.165) is 12.1 Å². The number of halogens is 2. The third-order valence-electron chi connectivity index (χ3n) is 4.73. The highest BCUT2D eigenvalue weighted by Crippen LogP contribution is 2.22. The third kappa shape index (κ3) is 5.64. The SMILES string of the molecule is CCC1C=CC(C#Cc2ccc(F)cc2F)=CC=C1C(=O)NC(C)C(C)(C)O. The Balaban J connectivity index is 2.26. The van der Waals surface area contributed by atoms with Crippen molar-refractivity contribution in [1.29, 1.82) is 0 Å². The fraction of sp³-hybridized carbons (Fsp3) is 0.348. The van der Waals surface area contributed by atoms with Crippen LogP contribution in [0.2, 0.25) is 0 Å². The van der Waals surface area contributed by atoms with Crippen molar-refractivity contribution < 1.29 is 18.7 Å². The summed E-state index contributed by atoms with van der Waals surface area (Å²) in [6, 6.07) is 2.82. The van der Waals surface area contributed by atoms with Crippen LogP contribution in [0.5, 0.6) is 0 Å². The number of carbonyl (C=O) groups is 1. The average molecular weight is 385 g/mol. The standard InChI is InChI=1S/C23H25F2NO2/c1-5-17-9-6-16(7-10-18-11-12-19(24)14-21(18)25)8-13-20(17)22(27)26-15(2)23(3,4)28/h6,8-9,11-15,17,28H,5H2,1-4H3,(H,26,27). The van der Waals surface area contributed by atoms with Crippen molar-refractivity contribution in [3.8, 4) is 11.8 Å². The lowest BCUT2D eigenvalue weighted by molar-refractivity contribution is -0.120. The summed E-state index contributed by atoms with van der Waals surface area (Å²) in [7, 11) is 0. The fourth-order valence-electron chi connectivity index (χ4n) is 2.55. The van der Waals surface area contributed by atoms with Crippen molar-refractivity contribution in [2.45, 2.75) is 45.8 Å². The highest BCUT2D eigenvalue weighted by molar-refractivity contribution is 5.95. The summed E-state index contributed by atoms with van der Waals surface area (Å²) < 4.78 is 26.7. The number of rotatable bonds is 4. The zero-order valence-electron chi connectivity index (χ0n) is 16.5. The van der Waals surface area contributed by atoms with Crippen LogP contribution >= 0.6 is 0 Å². The lowest BCUT2D eigenvalue weighted by Crippen LogP contribution is -2.48. The Bertz CT molecular complexity index is 895. The number of benzene rings is 1. The summed E-state index contributed by atoms with van der Waals surface area (Å²) in [6.07, 6.45) is 7.79. The summed E-state index contributed by atoms with van der Waals surface area (Å²) in [4.78, 5) is 12.7. The Hall–Kier alpha value is -2.71. The minimum atomic E-state index is -1.04. The van der Waals surface area contributed by atoms with Gasteiger partial charge in [-0.05, 0) is 51.5 Å². The van der Waals surface area contributed by atoms with Gasteiger partial charge < -0.3 is 10.4 Å². The minimum absolute atomic E-state index is 0.105. The van der Waals surface area contributed by atoms with Crippen LogP contribution in [0, 0.1) is 29.4 Å². The maximum Gasteiger partial charge on any atom is 0.248 e. The molecule has 0 heterocycles. The molecule has 0 radical (unpaired) electrons. The van der Waals surface area contributed by atoms with E-state index in [4.69, 9.17) is 0 Å². The van der Waals surface area contributed by atoms with Gasteiger partial charge >= 0.3 is 0 Å². The number of hydrogen-bond donors (Lipinski definition) is 2. The molecule has 2 unspecified atom stereocenters. The first-order valence-electron chi connectivity index (χ1n) is 9.22. The van der Waals surface area contributed by atoms with Crippen LogP contribution < -0.4 is 5.32 Å². The first kappa shape index (κ1) is 21.6. The van der Waals surface area contributed by atoms with Crippen molar-refractivity contribution >= 4 is 5.91 Å². The lowest BCUT2D eigenvalue weighted by Gasteiger charge is -2.27. The largest absolute Gasteiger partial charge is 0.388 e. The molecule has 148 valence electrons. The van der Waals surface area contributed by atoms with E-state index >= 15 is 0 Å². The zero-order valence-corrected chi connectivity index (χ0v) is 16.5. The van der Waals surface area contributed by atoms with Gasteiger partial charge in [0, 0.05) is 23.1 Å². The summed E-state index contributed by atoms with van der Waals surface area (Å²) in [5, 5.41) is 12.9. The van der Waals surface area contributed by atoms with Crippen molar-refractivity contribution in [3.63, 3.8) is 0 Å². The van der Waals surface area contributed by atoms with Crippen LogP contribution in [0.3, 0.4) is 0 Å². The van der Waals surface area contributed by atoms with Gasteiger partial charge in [0.25, 0.3) is 0 Å². The van der Waals surface area contributed by atoms with E-state index in [1.165, 1.54) is 6.07 Å². The molecule has 2 rings (SSSR count). The number of aliphatic hydroxyl groups is 1. The van der Waals surface area contributed by atoms with Gasteiger partial charge in [-0.2, -0.15) is 0 Å². The maximum absolute atomic E-state index is 13.7. The molecule has 0 fully saturated rings. The van der Waals surface area contributed by atoms with E-state index in [1.807, 2.05) is 13.0 Å². The molecule has 1 aliphatic carbocycles. The highest BCUT2D eigenvalue weighted by Gasteiger charge is 2.26. The quantitative estimate of drug-likeness (QED) is 0.769. The smallest absolute Gasteiger partial charge is 0.248 e. The van der Waals surface area contributed by atoms with Crippen LogP contribution in [-0.4, -0.2) is 22.7 Å². The van der Waals surface area contributed by atoms with Crippen LogP contribution in [0.25, 0.3) is 0 Å². The van der Waals surface area contributed by atoms with E-state index in [1.54, 1.807) is 39.0 Å². The second-order valence-corrected chi connectivity index (χ2v) is 7.34. The summed E-state index contributed by atoms with van der Waals surface area (Å²) in [6.45, 7) is 6.99. The van der Waals surface area contributed by atoms with E-state index in [0.29, 0.717) is 17.6 Å². The van der Waals surface area contributed by atoms with Gasteiger partial charge in [0.2, 0.25) is 5.91 Å². The van der Waals surface area contributed by atoms with Crippen molar-refractivity contribution in [2.75, 3.05) is 0 Å². The number of nitrogens with one attached hydrogen (secondary N) is 1. The second-order valence-electron chi connectivity index (χ2n) is 7.34. The molecule has 1 aliphatic rings. The molecule has 5 heteroatoms. The number of allylic oxidation sites excluding steroid dienone is 5. The van der Waals surface area contributed by atoms with Gasteiger partial charge in [-0.1, -0.05) is 30.9 Å². The molecule has 3 nitrogen and oxygen atoms in total. The molecule has 0 saturated heterocycles. The van der Waals surface area contributed by atoms with Gasteiger partial charge in [-0.15, -0.1) is 0 Å².